The highest BCUT2D eigenvalue weighted by atomic mass is 16.6. The van der Waals surface area contributed by atoms with Gasteiger partial charge in [0.1, 0.15) is 11.4 Å². The standard InChI is InChI=1S/C24H34N2O5/c1-16(27)25-20-15-26(22(28)31-23(2,3)4)21-7-6-18(14-19(20)21)30-13-10-17-8-11-24(5,29)12-9-17/h6-7,14-15,17,29H,8-13H2,1-5H3,(H,25,27). The lowest BCUT2D eigenvalue weighted by Crippen LogP contribution is -2.30. The summed E-state index contributed by atoms with van der Waals surface area (Å²) >= 11 is 0. The Kier molecular flexibility index (Phi) is 6.65. The van der Waals surface area contributed by atoms with Crippen molar-refractivity contribution in [3.05, 3.63) is 24.4 Å². The van der Waals surface area contributed by atoms with Crippen LogP contribution in [0.3, 0.4) is 0 Å². The second-order valence-electron chi connectivity index (χ2n) is 9.83. The molecule has 0 spiro atoms. The number of nitrogens with one attached hydrogen (secondary N) is 1. The number of nitrogens with zero attached hydrogens (tertiary/aromatic N) is 1. The van der Waals surface area contributed by atoms with Gasteiger partial charge >= 0.3 is 6.09 Å². The monoisotopic (exact) mass is 430 g/mol. The van der Waals surface area contributed by atoms with E-state index in [1.165, 1.54) is 11.5 Å². The maximum atomic E-state index is 12.6. The van der Waals surface area contributed by atoms with Crippen molar-refractivity contribution < 1.29 is 24.2 Å². The number of anilines is 1. The van der Waals surface area contributed by atoms with Gasteiger partial charge in [0.15, 0.2) is 0 Å². The summed E-state index contributed by atoms with van der Waals surface area (Å²) in [6.07, 6.45) is 5.71. The molecule has 0 saturated heterocycles. The summed E-state index contributed by atoms with van der Waals surface area (Å²) < 4.78 is 12.9. The van der Waals surface area contributed by atoms with Crippen molar-refractivity contribution in [2.24, 2.45) is 5.92 Å². The maximum absolute atomic E-state index is 12.6. The number of carbonyl (C=O) groups is 2. The minimum atomic E-state index is -0.628. The van der Waals surface area contributed by atoms with E-state index in [1.54, 1.807) is 12.3 Å². The second-order valence-corrected chi connectivity index (χ2v) is 9.83. The van der Waals surface area contributed by atoms with Crippen LogP contribution in [0.25, 0.3) is 10.9 Å². The molecule has 170 valence electrons. The number of hydrogen-bond donors (Lipinski definition) is 2. The van der Waals surface area contributed by atoms with Gasteiger partial charge in [-0.1, -0.05) is 0 Å². The number of benzene rings is 1. The minimum absolute atomic E-state index is 0.220. The molecule has 2 N–H and O–H groups in total. The van der Waals surface area contributed by atoms with Crippen LogP contribution in [0, 0.1) is 5.92 Å². The van der Waals surface area contributed by atoms with Gasteiger partial charge in [-0.25, -0.2) is 4.79 Å². The third kappa shape index (κ3) is 6.23. The molecular weight excluding hydrogens is 396 g/mol. The quantitative estimate of drug-likeness (QED) is 0.689. The summed E-state index contributed by atoms with van der Waals surface area (Å²) in [5.41, 5.74) is 0.0227. The SMILES string of the molecule is CC(=O)Nc1cn(C(=O)OC(C)(C)C)c2ccc(OCCC3CCC(C)(O)CC3)cc12. The molecule has 0 bridgehead atoms. The van der Waals surface area contributed by atoms with Gasteiger partial charge in [-0.15, -0.1) is 0 Å². The average molecular weight is 431 g/mol. The van der Waals surface area contributed by atoms with Gasteiger partial charge in [0.2, 0.25) is 5.91 Å². The Balaban J connectivity index is 1.74. The van der Waals surface area contributed by atoms with Crippen molar-refractivity contribution >= 4 is 28.6 Å². The minimum Gasteiger partial charge on any atom is -0.494 e. The molecule has 1 aromatic carbocycles. The number of aliphatic hydroxyl groups is 1. The summed E-state index contributed by atoms with van der Waals surface area (Å²) in [5.74, 6) is 1.03. The number of fused-ring (bicyclic) bond motifs is 1. The molecule has 1 saturated carbocycles. The summed E-state index contributed by atoms with van der Waals surface area (Å²) in [6, 6.07) is 5.47. The number of hydrogen-bond acceptors (Lipinski definition) is 5. The highest BCUT2D eigenvalue weighted by Gasteiger charge is 2.28. The first-order chi connectivity index (χ1) is 14.4. The van der Waals surface area contributed by atoms with Crippen molar-refractivity contribution in [1.82, 2.24) is 4.57 Å². The van der Waals surface area contributed by atoms with Crippen LogP contribution in [0.2, 0.25) is 0 Å². The summed E-state index contributed by atoms with van der Waals surface area (Å²) in [7, 11) is 0. The van der Waals surface area contributed by atoms with Gasteiger partial charge in [0.05, 0.1) is 23.4 Å². The Morgan fingerprint density at radius 3 is 2.55 bits per heavy atom. The van der Waals surface area contributed by atoms with Crippen LogP contribution in [0.5, 0.6) is 5.75 Å². The molecule has 0 atom stereocenters. The Labute approximate surface area is 183 Å². The van der Waals surface area contributed by atoms with E-state index < -0.39 is 17.3 Å². The first-order valence-corrected chi connectivity index (χ1v) is 10.9. The zero-order valence-electron chi connectivity index (χ0n) is 19.2. The Hall–Kier alpha value is -2.54. The second kappa shape index (κ2) is 8.91. The number of rotatable bonds is 5. The number of ether oxygens (including phenoxy) is 2. The normalized spacial score (nSPS) is 21.7. The molecule has 1 fully saturated rings. The topological polar surface area (TPSA) is 89.8 Å². The van der Waals surface area contributed by atoms with Gasteiger partial charge in [-0.3, -0.25) is 9.36 Å². The number of aromatic nitrogens is 1. The summed E-state index contributed by atoms with van der Waals surface area (Å²) in [5, 5.41) is 13.6. The molecule has 0 unspecified atom stereocenters. The van der Waals surface area contributed by atoms with Crippen LogP contribution in [0.1, 0.15) is 66.7 Å². The Morgan fingerprint density at radius 1 is 1.26 bits per heavy atom. The lowest BCUT2D eigenvalue weighted by atomic mass is 9.79. The molecule has 2 aromatic rings. The van der Waals surface area contributed by atoms with Crippen LogP contribution in [-0.4, -0.2) is 39.5 Å². The van der Waals surface area contributed by atoms with E-state index in [0.29, 0.717) is 34.9 Å². The molecule has 3 rings (SSSR count). The van der Waals surface area contributed by atoms with Crippen molar-refractivity contribution in [3.8, 4) is 5.75 Å². The molecule has 1 amide bonds. The van der Waals surface area contributed by atoms with Gasteiger partial charge in [-0.05, 0) is 83.9 Å². The predicted molar refractivity (Wildman–Crippen MR) is 121 cm³/mol. The fourth-order valence-electron chi connectivity index (χ4n) is 3.98. The maximum Gasteiger partial charge on any atom is 0.419 e. The molecule has 1 aromatic heterocycles. The fourth-order valence-corrected chi connectivity index (χ4v) is 3.98. The van der Waals surface area contributed by atoms with Crippen molar-refractivity contribution in [2.45, 2.75) is 77.9 Å². The third-order valence-electron chi connectivity index (χ3n) is 5.65. The third-order valence-corrected chi connectivity index (χ3v) is 5.65. The van der Waals surface area contributed by atoms with E-state index in [2.05, 4.69) is 5.32 Å². The average Bonchev–Trinajstić information content (AvgIpc) is 2.99. The van der Waals surface area contributed by atoms with Crippen LogP contribution < -0.4 is 10.1 Å². The lowest BCUT2D eigenvalue weighted by molar-refractivity contribution is -0.114. The van der Waals surface area contributed by atoms with Crippen LogP contribution in [0.15, 0.2) is 24.4 Å². The zero-order valence-corrected chi connectivity index (χ0v) is 19.2. The first-order valence-electron chi connectivity index (χ1n) is 10.9. The molecule has 7 nitrogen and oxygen atoms in total. The zero-order chi connectivity index (χ0) is 22.8. The van der Waals surface area contributed by atoms with Gasteiger partial charge in [0, 0.05) is 18.5 Å². The molecule has 1 aliphatic rings. The number of amides is 1. The van der Waals surface area contributed by atoms with E-state index in [0.717, 1.165) is 32.1 Å². The fraction of sp³-hybridized carbons (Fsp3) is 0.583. The van der Waals surface area contributed by atoms with E-state index in [9.17, 15) is 14.7 Å². The molecule has 1 heterocycles. The number of carbonyl (C=O) groups excluding carboxylic acids is 2. The first kappa shape index (κ1) is 23.1. The van der Waals surface area contributed by atoms with Crippen molar-refractivity contribution in [1.29, 1.82) is 0 Å². The van der Waals surface area contributed by atoms with Crippen LogP contribution in [-0.2, 0) is 9.53 Å². The van der Waals surface area contributed by atoms with Crippen LogP contribution in [0.4, 0.5) is 10.5 Å². The van der Waals surface area contributed by atoms with E-state index in [1.807, 2.05) is 39.8 Å². The summed E-state index contributed by atoms with van der Waals surface area (Å²) in [6.45, 7) is 9.35. The van der Waals surface area contributed by atoms with Crippen LogP contribution >= 0.6 is 0 Å². The summed E-state index contributed by atoms with van der Waals surface area (Å²) in [4.78, 5) is 24.3. The Morgan fingerprint density at radius 2 is 1.94 bits per heavy atom. The highest BCUT2D eigenvalue weighted by molar-refractivity contribution is 6.04. The predicted octanol–water partition coefficient (Wildman–Crippen LogP) is 5.09. The molecule has 0 radical (unpaired) electrons. The smallest absolute Gasteiger partial charge is 0.419 e. The van der Waals surface area contributed by atoms with Gasteiger partial charge in [-0.2, -0.15) is 0 Å². The van der Waals surface area contributed by atoms with Crippen molar-refractivity contribution in [2.75, 3.05) is 11.9 Å². The van der Waals surface area contributed by atoms with Gasteiger partial charge in [0.25, 0.3) is 0 Å². The molecule has 1 aliphatic carbocycles. The van der Waals surface area contributed by atoms with Gasteiger partial charge < -0.3 is 19.9 Å². The van der Waals surface area contributed by atoms with E-state index in [-0.39, 0.29) is 5.91 Å². The molecule has 31 heavy (non-hydrogen) atoms. The Bertz CT molecular complexity index is 945. The molecular formula is C24H34N2O5. The largest absolute Gasteiger partial charge is 0.494 e. The molecule has 7 heteroatoms. The van der Waals surface area contributed by atoms with E-state index in [4.69, 9.17) is 9.47 Å². The van der Waals surface area contributed by atoms with Crippen molar-refractivity contribution in [3.63, 3.8) is 0 Å². The van der Waals surface area contributed by atoms with E-state index >= 15 is 0 Å². The lowest BCUT2D eigenvalue weighted by Gasteiger charge is -2.33. The molecule has 0 aliphatic heterocycles. The highest BCUT2D eigenvalue weighted by Crippen LogP contribution is 2.34.